The van der Waals surface area contributed by atoms with Gasteiger partial charge in [0.1, 0.15) is 10.8 Å². The predicted octanol–water partition coefficient (Wildman–Crippen LogP) is 4.85. The van der Waals surface area contributed by atoms with E-state index < -0.39 is 0 Å². The number of thiazole rings is 1. The molecule has 4 aromatic heterocycles. The molecule has 0 saturated heterocycles. The summed E-state index contributed by atoms with van der Waals surface area (Å²) >= 11 is 3.09. The third-order valence-electron chi connectivity index (χ3n) is 5.49. The summed E-state index contributed by atoms with van der Waals surface area (Å²) in [7, 11) is 1.60. The van der Waals surface area contributed by atoms with E-state index in [2.05, 4.69) is 15.2 Å². The molecule has 0 radical (unpaired) electrons. The minimum Gasteiger partial charge on any atom is -0.497 e. The van der Waals surface area contributed by atoms with Crippen LogP contribution in [0, 0.1) is 0 Å². The SMILES string of the molecule is COc1cccc(-n2c(=O)c3ccccc3n3c(SCc4csc(-c5ccccn5)n4)nnc23)c1. The Labute approximate surface area is 207 Å². The molecule has 0 saturated carbocycles. The van der Waals surface area contributed by atoms with E-state index in [1.165, 1.54) is 11.8 Å². The molecule has 2 aromatic carbocycles. The molecule has 0 bridgehead atoms. The first-order chi connectivity index (χ1) is 17.2. The molecule has 6 rings (SSSR count). The number of aromatic nitrogens is 6. The number of thioether (sulfide) groups is 1. The van der Waals surface area contributed by atoms with Gasteiger partial charge in [0, 0.05) is 23.4 Å². The van der Waals surface area contributed by atoms with E-state index in [1.807, 2.05) is 76.5 Å². The van der Waals surface area contributed by atoms with Gasteiger partial charge in [-0.05, 0) is 36.4 Å². The lowest BCUT2D eigenvalue weighted by Gasteiger charge is -2.12. The van der Waals surface area contributed by atoms with Crippen molar-refractivity contribution in [1.82, 2.24) is 29.1 Å². The summed E-state index contributed by atoms with van der Waals surface area (Å²) in [5.74, 6) is 1.70. The van der Waals surface area contributed by atoms with Crippen LogP contribution in [0.2, 0.25) is 0 Å². The Morgan fingerprint density at radius 2 is 1.91 bits per heavy atom. The van der Waals surface area contributed by atoms with Crippen molar-refractivity contribution < 1.29 is 4.74 Å². The topological polar surface area (TPSA) is 87.2 Å². The Morgan fingerprint density at radius 1 is 1.03 bits per heavy atom. The van der Waals surface area contributed by atoms with Crippen LogP contribution in [-0.2, 0) is 5.75 Å². The van der Waals surface area contributed by atoms with Crippen LogP contribution in [0.25, 0.3) is 33.1 Å². The van der Waals surface area contributed by atoms with E-state index in [9.17, 15) is 4.79 Å². The van der Waals surface area contributed by atoms with Gasteiger partial charge in [-0.1, -0.05) is 36.0 Å². The van der Waals surface area contributed by atoms with E-state index in [1.54, 1.807) is 29.2 Å². The fourth-order valence-electron chi connectivity index (χ4n) is 3.87. The Morgan fingerprint density at radius 3 is 2.77 bits per heavy atom. The largest absolute Gasteiger partial charge is 0.497 e. The van der Waals surface area contributed by atoms with Crippen LogP contribution in [0.5, 0.6) is 5.75 Å². The van der Waals surface area contributed by atoms with Crippen molar-refractivity contribution in [2.24, 2.45) is 0 Å². The molecule has 35 heavy (non-hydrogen) atoms. The third kappa shape index (κ3) is 3.86. The highest BCUT2D eigenvalue weighted by molar-refractivity contribution is 7.98. The van der Waals surface area contributed by atoms with Gasteiger partial charge in [-0.3, -0.25) is 14.2 Å². The highest BCUT2D eigenvalue weighted by atomic mass is 32.2. The Bertz CT molecular complexity index is 1730. The predicted molar refractivity (Wildman–Crippen MR) is 138 cm³/mol. The van der Waals surface area contributed by atoms with Gasteiger partial charge in [-0.15, -0.1) is 21.5 Å². The molecule has 0 N–H and O–H groups in total. The summed E-state index contributed by atoms with van der Waals surface area (Å²) in [6.07, 6.45) is 1.76. The van der Waals surface area contributed by atoms with Crippen molar-refractivity contribution >= 4 is 39.8 Å². The van der Waals surface area contributed by atoms with Crippen LogP contribution in [0.4, 0.5) is 0 Å². The van der Waals surface area contributed by atoms with Gasteiger partial charge >= 0.3 is 0 Å². The van der Waals surface area contributed by atoms with Crippen molar-refractivity contribution in [2.45, 2.75) is 10.9 Å². The molecule has 0 unspecified atom stereocenters. The number of rotatable bonds is 6. The smallest absolute Gasteiger partial charge is 0.267 e. The molecular formula is C25H18N6O2S2. The zero-order valence-electron chi connectivity index (χ0n) is 18.5. The van der Waals surface area contributed by atoms with Crippen molar-refractivity contribution in [2.75, 3.05) is 7.11 Å². The van der Waals surface area contributed by atoms with Crippen LogP contribution in [0.3, 0.4) is 0 Å². The van der Waals surface area contributed by atoms with E-state index in [0.29, 0.717) is 33.5 Å². The molecule has 0 aliphatic carbocycles. The van der Waals surface area contributed by atoms with Gasteiger partial charge in [-0.25, -0.2) is 9.55 Å². The molecule has 0 amide bonds. The van der Waals surface area contributed by atoms with Gasteiger partial charge < -0.3 is 4.74 Å². The average Bonchev–Trinajstić information content (AvgIpc) is 3.56. The monoisotopic (exact) mass is 498 g/mol. The number of hydrogen-bond donors (Lipinski definition) is 0. The zero-order chi connectivity index (χ0) is 23.8. The van der Waals surface area contributed by atoms with Gasteiger partial charge in [0.15, 0.2) is 5.16 Å². The maximum Gasteiger partial charge on any atom is 0.267 e. The molecule has 0 spiro atoms. The number of benzene rings is 2. The second-order valence-corrected chi connectivity index (χ2v) is 9.43. The summed E-state index contributed by atoms with van der Waals surface area (Å²) in [5, 5.41) is 13.0. The molecule has 172 valence electrons. The first kappa shape index (κ1) is 21.5. The van der Waals surface area contributed by atoms with Crippen molar-refractivity contribution in [1.29, 1.82) is 0 Å². The summed E-state index contributed by atoms with van der Waals surface area (Å²) in [4.78, 5) is 22.6. The molecule has 0 fully saturated rings. The highest BCUT2D eigenvalue weighted by Gasteiger charge is 2.18. The van der Waals surface area contributed by atoms with Crippen LogP contribution in [0.1, 0.15) is 5.69 Å². The first-order valence-electron chi connectivity index (χ1n) is 10.7. The lowest BCUT2D eigenvalue weighted by Crippen LogP contribution is -2.21. The lowest BCUT2D eigenvalue weighted by atomic mass is 10.2. The Hall–Kier alpha value is -4.02. The fourth-order valence-corrected chi connectivity index (χ4v) is 5.61. The van der Waals surface area contributed by atoms with Crippen LogP contribution < -0.4 is 10.3 Å². The Balaban J connectivity index is 1.43. The molecular weight excluding hydrogens is 480 g/mol. The maximum absolute atomic E-state index is 13.5. The summed E-state index contributed by atoms with van der Waals surface area (Å²) < 4.78 is 8.87. The number of fused-ring (bicyclic) bond motifs is 3. The number of hydrogen-bond acceptors (Lipinski definition) is 8. The van der Waals surface area contributed by atoms with Crippen molar-refractivity contribution in [3.8, 4) is 22.1 Å². The number of ether oxygens (including phenoxy) is 1. The van der Waals surface area contributed by atoms with Crippen LogP contribution in [0.15, 0.2) is 88.3 Å². The van der Waals surface area contributed by atoms with Gasteiger partial charge in [-0.2, -0.15) is 0 Å². The zero-order valence-corrected chi connectivity index (χ0v) is 20.2. The van der Waals surface area contributed by atoms with Gasteiger partial charge in [0.2, 0.25) is 5.78 Å². The number of pyridine rings is 1. The molecule has 6 aromatic rings. The van der Waals surface area contributed by atoms with E-state index in [0.717, 1.165) is 21.9 Å². The molecule has 4 heterocycles. The van der Waals surface area contributed by atoms with Gasteiger partial charge in [0.05, 0.1) is 35.1 Å². The van der Waals surface area contributed by atoms with Crippen LogP contribution >= 0.6 is 23.1 Å². The highest BCUT2D eigenvalue weighted by Crippen LogP contribution is 2.28. The molecule has 8 nitrogen and oxygen atoms in total. The molecule has 0 aliphatic heterocycles. The second kappa shape index (κ2) is 8.97. The summed E-state index contributed by atoms with van der Waals surface area (Å²) in [6, 6.07) is 20.6. The minimum atomic E-state index is -0.162. The summed E-state index contributed by atoms with van der Waals surface area (Å²) in [5.41, 5.74) is 3.04. The lowest BCUT2D eigenvalue weighted by molar-refractivity contribution is 0.414. The van der Waals surface area contributed by atoms with E-state index >= 15 is 0 Å². The van der Waals surface area contributed by atoms with Crippen molar-refractivity contribution in [3.05, 3.63) is 94.4 Å². The average molecular weight is 499 g/mol. The summed E-state index contributed by atoms with van der Waals surface area (Å²) in [6.45, 7) is 0. The first-order valence-corrected chi connectivity index (χ1v) is 12.6. The van der Waals surface area contributed by atoms with E-state index in [-0.39, 0.29) is 5.56 Å². The van der Waals surface area contributed by atoms with E-state index in [4.69, 9.17) is 9.72 Å². The molecule has 0 aliphatic rings. The van der Waals surface area contributed by atoms with Crippen LogP contribution in [-0.4, -0.2) is 36.2 Å². The normalized spacial score (nSPS) is 11.3. The third-order valence-corrected chi connectivity index (χ3v) is 7.37. The number of para-hydroxylation sites is 1. The van der Waals surface area contributed by atoms with Gasteiger partial charge in [0.25, 0.3) is 5.56 Å². The van der Waals surface area contributed by atoms with Crippen molar-refractivity contribution in [3.63, 3.8) is 0 Å². The molecule has 10 heteroatoms. The molecule has 0 atom stereocenters. The Kier molecular flexibility index (Phi) is 5.51. The fraction of sp³-hybridized carbons (Fsp3) is 0.0800. The number of methoxy groups -OCH3 is 1. The standard InChI is InChI=1S/C25H18N6O2S2/c1-33-18-8-6-7-17(13-18)30-23(32)19-9-2-3-11-21(19)31-24(30)28-29-25(31)35-15-16-14-34-22(27-16)20-10-4-5-12-26-20/h2-14H,15H2,1H3. The minimum absolute atomic E-state index is 0.162. The second-order valence-electron chi connectivity index (χ2n) is 7.62. The quantitative estimate of drug-likeness (QED) is 0.303. The number of nitrogens with zero attached hydrogens (tertiary/aromatic N) is 6. The maximum atomic E-state index is 13.5.